The molecule has 1 heterocycles. The maximum absolute atomic E-state index is 12.0. The Morgan fingerprint density at radius 1 is 1.61 bits per heavy atom. The molecule has 2 rings (SSSR count). The van der Waals surface area contributed by atoms with Gasteiger partial charge in [-0.25, -0.2) is 0 Å². The van der Waals surface area contributed by atoms with Crippen LogP contribution < -0.4 is 11.1 Å². The summed E-state index contributed by atoms with van der Waals surface area (Å²) in [6.45, 7) is 0. The fourth-order valence-corrected chi connectivity index (χ4v) is 3.10. The Kier molecular flexibility index (Phi) is 3.99. The van der Waals surface area contributed by atoms with Crippen molar-refractivity contribution in [1.82, 2.24) is 5.32 Å². The number of rotatable bonds is 4. The highest BCUT2D eigenvalue weighted by atomic mass is 35.5. The zero-order valence-electron chi connectivity index (χ0n) is 9.19. The van der Waals surface area contributed by atoms with Crippen LogP contribution in [0.4, 0.5) is 0 Å². The van der Waals surface area contributed by atoms with Gasteiger partial charge in [-0.2, -0.15) is 0 Å². The number of amidine groups is 1. The molecule has 1 saturated carbocycles. The second-order valence-electron chi connectivity index (χ2n) is 4.05. The van der Waals surface area contributed by atoms with Gasteiger partial charge in [-0.15, -0.1) is 11.3 Å². The number of carbonyl (C=O) groups excluding carboxylic acids is 1. The number of nitrogens with two attached hydrogens (primary N) is 1. The van der Waals surface area contributed by atoms with Crippen LogP contribution in [0.5, 0.6) is 0 Å². The van der Waals surface area contributed by atoms with Gasteiger partial charge >= 0.3 is 0 Å². The number of amides is 1. The molecule has 0 aromatic carbocycles. The Morgan fingerprint density at radius 3 is 2.72 bits per heavy atom. The van der Waals surface area contributed by atoms with E-state index in [0.29, 0.717) is 14.2 Å². The van der Waals surface area contributed by atoms with E-state index in [1.807, 2.05) is 0 Å². The number of hydrogen-bond donors (Lipinski definition) is 3. The molecule has 0 aliphatic heterocycles. The van der Waals surface area contributed by atoms with Gasteiger partial charge in [0, 0.05) is 0 Å². The van der Waals surface area contributed by atoms with Crippen LogP contribution in [0.2, 0.25) is 8.67 Å². The lowest BCUT2D eigenvalue weighted by atomic mass is 10.1. The van der Waals surface area contributed by atoms with Crippen LogP contribution in [0, 0.1) is 5.92 Å². The molecule has 1 aromatic rings. The summed E-state index contributed by atoms with van der Waals surface area (Å²) in [6.07, 6.45) is 1.89. The van der Waals surface area contributed by atoms with E-state index in [9.17, 15) is 4.79 Å². The zero-order chi connectivity index (χ0) is 13.3. The third-order valence-electron chi connectivity index (χ3n) is 2.72. The molecule has 8 heteroatoms. The van der Waals surface area contributed by atoms with E-state index in [2.05, 4.69) is 10.5 Å². The van der Waals surface area contributed by atoms with Crippen LogP contribution in [-0.4, -0.2) is 23.0 Å². The van der Waals surface area contributed by atoms with Gasteiger partial charge in [-0.3, -0.25) is 4.79 Å². The maximum atomic E-state index is 12.0. The van der Waals surface area contributed by atoms with Crippen LogP contribution >= 0.6 is 34.5 Å². The number of oxime groups is 1. The molecular formula is C10H11Cl2N3O2S. The van der Waals surface area contributed by atoms with Gasteiger partial charge in [0.1, 0.15) is 4.34 Å². The van der Waals surface area contributed by atoms with E-state index in [1.165, 1.54) is 6.07 Å². The second-order valence-corrected chi connectivity index (χ2v) is 6.34. The van der Waals surface area contributed by atoms with Gasteiger partial charge in [0.15, 0.2) is 5.84 Å². The molecule has 1 amide bonds. The summed E-state index contributed by atoms with van der Waals surface area (Å²) < 4.78 is 0.767. The van der Waals surface area contributed by atoms with E-state index >= 15 is 0 Å². The van der Waals surface area contributed by atoms with Gasteiger partial charge in [-0.1, -0.05) is 28.4 Å². The Labute approximate surface area is 118 Å². The maximum Gasteiger partial charge on any atom is 0.254 e. The summed E-state index contributed by atoms with van der Waals surface area (Å²) >= 11 is 12.8. The summed E-state index contributed by atoms with van der Waals surface area (Å²) in [5, 5.41) is 14.3. The fraction of sp³-hybridized carbons (Fsp3) is 0.400. The normalized spacial score (nSPS) is 17.6. The number of carbonyl (C=O) groups is 1. The third-order valence-corrected chi connectivity index (χ3v) is 4.20. The van der Waals surface area contributed by atoms with Crippen molar-refractivity contribution in [2.24, 2.45) is 16.8 Å². The minimum absolute atomic E-state index is 0.00305. The Balaban J connectivity index is 2.12. The van der Waals surface area contributed by atoms with Crippen molar-refractivity contribution in [3.05, 3.63) is 20.3 Å². The molecule has 1 aliphatic carbocycles. The lowest BCUT2D eigenvalue weighted by Gasteiger charge is -2.16. The molecule has 98 valence electrons. The summed E-state index contributed by atoms with van der Waals surface area (Å²) in [7, 11) is 0. The average molecular weight is 308 g/mol. The van der Waals surface area contributed by atoms with Gasteiger partial charge in [-0.05, 0) is 24.8 Å². The van der Waals surface area contributed by atoms with E-state index in [4.69, 9.17) is 34.1 Å². The largest absolute Gasteiger partial charge is 0.409 e. The van der Waals surface area contributed by atoms with Gasteiger partial charge in [0.25, 0.3) is 5.91 Å². The highest BCUT2D eigenvalue weighted by molar-refractivity contribution is 7.20. The molecule has 0 bridgehead atoms. The number of thiophene rings is 1. The lowest BCUT2D eigenvalue weighted by Crippen LogP contribution is -2.46. The van der Waals surface area contributed by atoms with Crippen LogP contribution in [0.1, 0.15) is 23.2 Å². The quantitative estimate of drug-likeness (QED) is 0.345. The van der Waals surface area contributed by atoms with Gasteiger partial charge < -0.3 is 16.3 Å². The molecule has 1 aliphatic rings. The van der Waals surface area contributed by atoms with Crippen molar-refractivity contribution in [3.8, 4) is 0 Å². The number of halogens is 2. The SMILES string of the molecule is N/C(=N/O)C(NC(=O)c1cc(Cl)sc1Cl)C1CC1. The van der Waals surface area contributed by atoms with Crippen LogP contribution in [-0.2, 0) is 0 Å². The van der Waals surface area contributed by atoms with E-state index < -0.39 is 6.04 Å². The number of nitrogens with zero attached hydrogens (tertiary/aromatic N) is 1. The molecular weight excluding hydrogens is 297 g/mol. The molecule has 1 unspecified atom stereocenters. The van der Waals surface area contributed by atoms with E-state index in [0.717, 1.165) is 24.2 Å². The fourth-order valence-electron chi connectivity index (χ4n) is 1.64. The number of hydrogen-bond acceptors (Lipinski definition) is 4. The van der Waals surface area contributed by atoms with Gasteiger partial charge in [0.05, 0.1) is 15.9 Å². The minimum atomic E-state index is -0.461. The first-order valence-corrected chi connectivity index (χ1v) is 6.83. The van der Waals surface area contributed by atoms with E-state index in [-0.39, 0.29) is 17.7 Å². The summed E-state index contributed by atoms with van der Waals surface area (Å²) in [5.41, 5.74) is 5.86. The van der Waals surface area contributed by atoms with Crippen molar-refractivity contribution in [2.45, 2.75) is 18.9 Å². The standard InChI is InChI=1S/C10H11Cl2N3O2S/c11-6-3-5(8(12)18-6)10(16)14-7(4-1-2-4)9(13)15-17/h3-4,7,17H,1-2H2,(H2,13,15)(H,14,16). The Morgan fingerprint density at radius 2 is 2.28 bits per heavy atom. The molecule has 5 nitrogen and oxygen atoms in total. The molecule has 0 radical (unpaired) electrons. The minimum Gasteiger partial charge on any atom is -0.409 e. The summed E-state index contributed by atoms with van der Waals surface area (Å²) in [6, 6.07) is 1.04. The van der Waals surface area contributed by atoms with Gasteiger partial charge in [0.2, 0.25) is 0 Å². The zero-order valence-corrected chi connectivity index (χ0v) is 11.5. The van der Waals surface area contributed by atoms with Crippen molar-refractivity contribution < 1.29 is 10.0 Å². The predicted molar refractivity (Wildman–Crippen MR) is 71.7 cm³/mol. The van der Waals surface area contributed by atoms with Crippen molar-refractivity contribution in [3.63, 3.8) is 0 Å². The first-order valence-electron chi connectivity index (χ1n) is 5.26. The first kappa shape index (κ1) is 13.5. The molecule has 0 saturated heterocycles. The van der Waals surface area contributed by atoms with Crippen molar-refractivity contribution >= 4 is 46.3 Å². The molecule has 1 atom stereocenters. The Hall–Kier alpha value is -0.980. The topological polar surface area (TPSA) is 87.7 Å². The molecule has 18 heavy (non-hydrogen) atoms. The first-order chi connectivity index (χ1) is 8.52. The van der Waals surface area contributed by atoms with Crippen LogP contribution in [0.25, 0.3) is 0 Å². The summed E-state index contributed by atoms with van der Waals surface area (Å²) in [5.74, 6) is -0.146. The molecule has 0 spiro atoms. The highest BCUT2D eigenvalue weighted by Gasteiger charge is 2.35. The molecule has 1 fully saturated rings. The van der Waals surface area contributed by atoms with Crippen molar-refractivity contribution in [2.75, 3.05) is 0 Å². The molecule has 4 N–H and O–H groups in total. The van der Waals surface area contributed by atoms with Crippen LogP contribution in [0.3, 0.4) is 0 Å². The monoisotopic (exact) mass is 307 g/mol. The predicted octanol–water partition coefficient (Wildman–Crippen LogP) is 2.31. The van der Waals surface area contributed by atoms with Crippen LogP contribution in [0.15, 0.2) is 11.2 Å². The number of nitrogens with one attached hydrogen (secondary N) is 1. The van der Waals surface area contributed by atoms with Crippen molar-refractivity contribution in [1.29, 1.82) is 0 Å². The smallest absolute Gasteiger partial charge is 0.254 e. The average Bonchev–Trinajstić information content (AvgIpc) is 3.10. The van der Waals surface area contributed by atoms with E-state index in [1.54, 1.807) is 0 Å². The Bertz CT molecular complexity index is 499. The molecule has 1 aromatic heterocycles. The highest BCUT2D eigenvalue weighted by Crippen LogP contribution is 2.34. The second kappa shape index (κ2) is 5.34. The summed E-state index contributed by atoms with van der Waals surface area (Å²) in [4.78, 5) is 12.0. The lowest BCUT2D eigenvalue weighted by molar-refractivity contribution is 0.0943. The third kappa shape index (κ3) is 2.88.